The van der Waals surface area contributed by atoms with Gasteiger partial charge in [-0.05, 0) is 44.9 Å². The van der Waals surface area contributed by atoms with E-state index in [1.165, 1.54) is 0 Å². The maximum absolute atomic E-state index is 12.2. The molecule has 0 unspecified atom stereocenters. The normalized spacial score (nSPS) is 11.2. The highest BCUT2D eigenvalue weighted by Gasteiger charge is 2.15. The number of esters is 1. The molecular formula is C20H20N4O4. The van der Waals surface area contributed by atoms with E-state index in [1.54, 1.807) is 24.5 Å². The van der Waals surface area contributed by atoms with Crippen molar-refractivity contribution < 1.29 is 18.5 Å². The molecule has 0 saturated carbocycles. The topological polar surface area (TPSA) is 95.7 Å². The second kappa shape index (κ2) is 7.30. The third-order valence-corrected chi connectivity index (χ3v) is 4.57. The van der Waals surface area contributed by atoms with Gasteiger partial charge in [0.05, 0.1) is 12.0 Å². The maximum Gasteiger partial charge on any atom is 0.306 e. The van der Waals surface area contributed by atoms with Crippen LogP contribution in [0.5, 0.6) is 0 Å². The van der Waals surface area contributed by atoms with E-state index in [2.05, 4.69) is 15.2 Å². The fraction of sp³-hybridized carbons (Fsp3) is 0.300. The summed E-state index contributed by atoms with van der Waals surface area (Å²) in [6.45, 7) is 5.92. The van der Waals surface area contributed by atoms with Gasteiger partial charge in [0.15, 0.2) is 11.4 Å². The summed E-state index contributed by atoms with van der Waals surface area (Å²) in [4.78, 5) is 16.7. The third-order valence-electron chi connectivity index (χ3n) is 4.57. The van der Waals surface area contributed by atoms with Crippen LogP contribution in [0.25, 0.3) is 17.2 Å². The molecule has 0 atom stereocenters. The Hall–Kier alpha value is -3.42. The molecule has 0 fully saturated rings. The smallest absolute Gasteiger partial charge is 0.306 e. The Labute approximate surface area is 161 Å². The number of aryl methyl sites for hydroxylation is 3. The van der Waals surface area contributed by atoms with Gasteiger partial charge in [-0.15, -0.1) is 0 Å². The summed E-state index contributed by atoms with van der Waals surface area (Å²) in [5.74, 6) is 0.766. The lowest BCUT2D eigenvalue weighted by atomic mass is 10.1. The lowest BCUT2D eigenvalue weighted by Gasteiger charge is -2.10. The third kappa shape index (κ3) is 3.53. The molecule has 8 nitrogen and oxygen atoms in total. The van der Waals surface area contributed by atoms with Crippen molar-refractivity contribution in [2.45, 2.75) is 40.2 Å². The van der Waals surface area contributed by atoms with Crippen molar-refractivity contribution in [1.29, 1.82) is 0 Å². The molecule has 0 aliphatic carbocycles. The van der Waals surface area contributed by atoms with Gasteiger partial charge in [-0.3, -0.25) is 4.79 Å². The Kier molecular flexibility index (Phi) is 4.68. The quantitative estimate of drug-likeness (QED) is 0.472. The number of hydrogen-bond acceptors (Lipinski definition) is 7. The highest BCUT2D eigenvalue weighted by Crippen LogP contribution is 2.21. The van der Waals surface area contributed by atoms with Crippen LogP contribution in [0.1, 0.15) is 34.8 Å². The van der Waals surface area contributed by atoms with Crippen molar-refractivity contribution in [2.24, 2.45) is 0 Å². The van der Waals surface area contributed by atoms with Crippen LogP contribution in [0.2, 0.25) is 0 Å². The predicted octanol–water partition coefficient (Wildman–Crippen LogP) is 3.58. The Balaban J connectivity index is 1.37. The number of carbonyl (C=O) groups excluding carboxylic acids is 1. The first-order chi connectivity index (χ1) is 13.5. The van der Waals surface area contributed by atoms with Crippen molar-refractivity contribution in [2.75, 3.05) is 0 Å². The lowest BCUT2D eigenvalue weighted by Crippen LogP contribution is -2.10. The van der Waals surface area contributed by atoms with Gasteiger partial charge < -0.3 is 13.7 Å². The molecule has 0 saturated heterocycles. The zero-order valence-corrected chi connectivity index (χ0v) is 15.9. The Bertz CT molecular complexity index is 1120. The number of fused-ring (bicyclic) bond motifs is 1. The molecule has 144 valence electrons. The number of aromatic nitrogens is 4. The van der Waals surface area contributed by atoms with E-state index >= 15 is 0 Å². The van der Waals surface area contributed by atoms with Crippen molar-refractivity contribution in [3.05, 3.63) is 58.9 Å². The van der Waals surface area contributed by atoms with Gasteiger partial charge in [0.25, 0.3) is 0 Å². The molecule has 4 aromatic rings. The highest BCUT2D eigenvalue weighted by molar-refractivity contribution is 5.70. The average molecular weight is 380 g/mol. The summed E-state index contributed by atoms with van der Waals surface area (Å²) >= 11 is 0. The van der Waals surface area contributed by atoms with E-state index in [-0.39, 0.29) is 19.0 Å². The molecule has 0 aliphatic heterocycles. The average Bonchev–Trinajstić information content (AvgIpc) is 3.39. The molecular weight excluding hydrogens is 360 g/mol. The van der Waals surface area contributed by atoms with Gasteiger partial charge in [-0.25, -0.2) is 9.50 Å². The minimum atomic E-state index is -0.307. The second-order valence-corrected chi connectivity index (χ2v) is 6.64. The van der Waals surface area contributed by atoms with Gasteiger partial charge in [-0.2, -0.15) is 5.10 Å². The minimum Gasteiger partial charge on any atom is -0.461 e. The van der Waals surface area contributed by atoms with Crippen LogP contribution in [0.3, 0.4) is 0 Å². The van der Waals surface area contributed by atoms with Gasteiger partial charge in [-0.1, -0.05) is 5.16 Å². The molecule has 0 aliphatic rings. The highest BCUT2D eigenvalue weighted by atomic mass is 16.5. The summed E-state index contributed by atoms with van der Waals surface area (Å²) in [5.41, 5.74) is 5.15. The number of carbonyl (C=O) groups is 1. The fourth-order valence-corrected chi connectivity index (χ4v) is 3.17. The van der Waals surface area contributed by atoms with Gasteiger partial charge in [0.1, 0.15) is 12.3 Å². The lowest BCUT2D eigenvalue weighted by molar-refractivity contribution is -0.145. The van der Waals surface area contributed by atoms with Gasteiger partial charge in [0, 0.05) is 29.9 Å². The van der Waals surface area contributed by atoms with Crippen LogP contribution in [0.15, 0.2) is 39.5 Å². The van der Waals surface area contributed by atoms with Crippen molar-refractivity contribution in [3.8, 4) is 11.5 Å². The Morgan fingerprint density at radius 3 is 2.86 bits per heavy atom. The number of ether oxygens (including phenoxy) is 1. The molecule has 28 heavy (non-hydrogen) atoms. The van der Waals surface area contributed by atoms with Crippen molar-refractivity contribution in [3.63, 3.8) is 0 Å². The summed E-state index contributed by atoms with van der Waals surface area (Å²) < 4.78 is 17.6. The molecule has 0 N–H and O–H groups in total. The van der Waals surface area contributed by atoms with Crippen LogP contribution >= 0.6 is 0 Å². The number of nitrogens with zero attached hydrogens (tertiary/aromatic N) is 4. The number of hydrogen-bond donors (Lipinski definition) is 0. The molecule has 0 aromatic carbocycles. The Morgan fingerprint density at radius 2 is 2.07 bits per heavy atom. The predicted molar refractivity (Wildman–Crippen MR) is 99.5 cm³/mol. The molecule has 4 aromatic heterocycles. The van der Waals surface area contributed by atoms with E-state index in [0.29, 0.717) is 23.6 Å². The molecule has 4 heterocycles. The molecule has 0 bridgehead atoms. The maximum atomic E-state index is 12.2. The Morgan fingerprint density at radius 1 is 1.21 bits per heavy atom. The molecule has 0 radical (unpaired) electrons. The summed E-state index contributed by atoms with van der Waals surface area (Å²) in [7, 11) is 0. The van der Waals surface area contributed by atoms with Crippen LogP contribution < -0.4 is 0 Å². The molecule has 0 amide bonds. The van der Waals surface area contributed by atoms with Crippen LogP contribution in [0.4, 0.5) is 0 Å². The van der Waals surface area contributed by atoms with E-state index < -0.39 is 0 Å². The van der Waals surface area contributed by atoms with Crippen LogP contribution in [-0.4, -0.2) is 25.7 Å². The fourth-order valence-electron chi connectivity index (χ4n) is 3.17. The van der Waals surface area contributed by atoms with Crippen LogP contribution in [0, 0.1) is 20.8 Å². The van der Waals surface area contributed by atoms with Gasteiger partial charge >= 0.3 is 5.97 Å². The van der Waals surface area contributed by atoms with Crippen LogP contribution in [-0.2, 0) is 22.6 Å². The van der Waals surface area contributed by atoms with E-state index in [9.17, 15) is 4.79 Å². The first kappa shape index (κ1) is 18.0. The number of furan rings is 1. The zero-order valence-electron chi connectivity index (χ0n) is 15.9. The summed E-state index contributed by atoms with van der Waals surface area (Å²) in [6.07, 6.45) is 2.34. The molecule has 4 rings (SSSR count). The standard InChI is InChI=1S/C20H20N4O4/c1-12-9-19-21-13(2)16(14(3)24(19)22-12)6-7-20(25)27-11-15-10-18(28-23-15)17-5-4-8-26-17/h4-5,8-10H,6-7,11H2,1-3H3. The second-order valence-electron chi connectivity index (χ2n) is 6.64. The number of rotatable bonds is 6. The van der Waals surface area contributed by atoms with E-state index in [0.717, 1.165) is 28.3 Å². The SMILES string of the molecule is Cc1cc2nc(C)c(CCC(=O)OCc3cc(-c4ccco4)on3)c(C)n2n1. The first-order valence-electron chi connectivity index (χ1n) is 8.99. The first-order valence-corrected chi connectivity index (χ1v) is 8.99. The van der Waals surface area contributed by atoms with Gasteiger partial charge in [0.2, 0.25) is 5.76 Å². The molecule has 0 spiro atoms. The zero-order chi connectivity index (χ0) is 19.7. The molecule has 8 heteroatoms. The monoisotopic (exact) mass is 380 g/mol. The van der Waals surface area contributed by atoms with Crippen molar-refractivity contribution in [1.82, 2.24) is 19.8 Å². The van der Waals surface area contributed by atoms with E-state index in [4.69, 9.17) is 13.7 Å². The largest absolute Gasteiger partial charge is 0.461 e. The minimum absolute atomic E-state index is 0.0522. The summed E-state index contributed by atoms with van der Waals surface area (Å²) in [5, 5.41) is 8.35. The van der Waals surface area contributed by atoms with Crippen molar-refractivity contribution >= 4 is 11.6 Å². The van der Waals surface area contributed by atoms with E-state index in [1.807, 2.05) is 31.4 Å². The summed E-state index contributed by atoms with van der Waals surface area (Å²) in [6, 6.07) is 7.16.